The van der Waals surface area contributed by atoms with E-state index in [-0.39, 0.29) is 24.4 Å². The molecule has 0 unspecified atom stereocenters. The molecule has 0 aliphatic carbocycles. The molecule has 0 amide bonds. The van der Waals surface area contributed by atoms with Gasteiger partial charge < -0.3 is 17.7 Å². The van der Waals surface area contributed by atoms with Gasteiger partial charge in [0.2, 0.25) is 0 Å². The quantitative estimate of drug-likeness (QED) is 0.202. The standard InChI is InChI=1S/C22H50O4Si2/c1-17(2)23-27(21(9)10,24-18(3)4)15-13-14-16-28(22(11)12,25-19(5)6)26-20(7)8/h17-22H,13-16H2,1-12H3. The van der Waals surface area contributed by atoms with Crippen LogP contribution in [0.4, 0.5) is 0 Å². The maximum Gasteiger partial charge on any atom is 0.341 e. The Morgan fingerprint density at radius 1 is 0.429 bits per heavy atom. The first-order valence-corrected chi connectivity index (χ1v) is 15.7. The fourth-order valence-electron chi connectivity index (χ4n) is 3.75. The third kappa shape index (κ3) is 9.85. The fraction of sp³-hybridized carbons (Fsp3) is 1.00. The van der Waals surface area contributed by atoms with Crippen molar-refractivity contribution >= 4 is 17.1 Å². The lowest BCUT2D eigenvalue weighted by Crippen LogP contribution is -2.49. The highest BCUT2D eigenvalue weighted by Crippen LogP contribution is 2.36. The second-order valence-corrected chi connectivity index (χ2v) is 17.3. The summed E-state index contributed by atoms with van der Waals surface area (Å²) in [6, 6.07) is 2.07. The van der Waals surface area contributed by atoms with Crippen LogP contribution in [-0.2, 0) is 17.7 Å². The van der Waals surface area contributed by atoms with Crippen LogP contribution >= 0.6 is 0 Å². The number of hydrogen-bond donors (Lipinski definition) is 0. The Morgan fingerprint density at radius 3 is 0.786 bits per heavy atom. The van der Waals surface area contributed by atoms with Crippen LogP contribution in [0.3, 0.4) is 0 Å². The van der Waals surface area contributed by atoms with Crippen molar-refractivity contribution in [2.24, 2.45) is 0 Å². The maximum absolute atomic E-state index is 6.48. The Bertz CT molecular complexity index is 351. The predicted octanol–water partition coefficient (Wildman–Crippen LogP) is 7.17. The number of unbranched alkanes of at least 4 members (excludes halogenated alkanes) is 1. The summed E-state index contributed by atoms with van der Waals surface area (Å²) in [4.78, 5) is 0. The Hall–Kier alpha value is 0.274. The van der Waals surface area contributed by atoms with Crippen LogP contribution < -0.4 is 0 Å². The van der Waals surface area contributed by atoms with E-state index in [0.717, 1.165) is 24.9 Å². The normalized spacial score (nSPS) is 13.9. The summed E-state index contributed by atoms with van der Waals surface area (Å²) in [5, 5.41) is 0. The van der Waals surface area contributed by atoms with E-state index < -0.39 is 17.1 Å². The van der Waals surface area contributed by atoms with Gasteiger partial charge in [0.1, 0.15) is 0 Å². The summed E-state index contributed by atoms with van der Waals surface area (Å²) >= 11 is 0. The van der Waals surface area contributed by atoms with Crippen LogP contribution in [0.25, 0.3) is 0 Å². The Kier molecular flexibility index (Phi) is 13.0. The highest BCUT2D eigenvalue weighted by atomic mass is 28.4. The van der Waals surface area contributed by atoms with Gasteiger partial charge in [-0.25, -0.2) is 0 Å². The lowest BCUT2D eigenvalue weighted by Gasteiger charge is -2.39. The molecule has 0 aliphatic heterocycles. The third-order valence-corrected chi connectivity index (χ3v) is 13.9. The van der Waals surface area contributed by atoms with Crippen molar-refractivity contribution in [1.29, 1.82) is 0 Å². The van der Waals surface area contributed by atoms with Crippen molar-refractivity contribution in [3.05, 3.63) is 0 Å². The van der Waals surface area contributed by atoms with Crippen molar-refractivity contribution < 1.29 is 17.7 Å². The molecule has 0 saturated heterocycles. The van der Waals surface area contributed by atoms with Crippen LogP contribution in [0, 0.1) is 0 Å². The topological polar surface area (TPSA) is 36.9 Å². The van der Waals surface area contributed by atoms with E-state index >= 15 is 0 Å². The lowest BCUT2D eigenvalue weighted by atomic mass is 10.4. The summed E-state index contributed by atoms with van der Waals surface area (Å²) in [7, 11) is -4.51. The zero-order chi connectivity index (χ0) is 22.1. The molecule has 170 valence electrons. The van der Waals surface area contributed by atoms with Crippen molar-refractivity contribution in [3.63, 3.8) is 0 Å². The van der Waals surface area contributed by atoms with Crippen molar-refractivity contribution in [1.82, 2.24) is 0 Å². The van der Waals surface area contributed by atoms with Crippen LogP contribution in [0.15, 0.2) is 0 Å². The van der Waals surface area contributed by atoms with Gasteiger partial charge in [-0.2, -0.15) is 0 Å². The van der Waals surface area contributed by atoms with Gasteiger partial charge in [0.15, 0.2) is 0 Å². The monoisotopic (exact) mass is 434 g/mol. The molecule has 0 rings (SSSR count). The van der Waals surface area contributed by atoms with Gasteiger partial charge in [0.25, 0.3) is 0 Å². The van der Waals surface area contributed by atoms with Crippen molar-refractivity contribution in [2.45, 2.75) is 144 Å². The van der Waals surface area contributed by atoms with E-state index in [4.69, 9.17) is 17.7 Å². The third-order valence-electron chi connectivity index (χ3n) is 4.80. The van der Waals surface area contributed by atoms with E-state index in [9.17, 15) is 0 Å². The average molecular weight is 435 g/mol. The lowest BCUT2D eigenvalue weighted by molar-refractivity contribution is 0.0944. The molecule has 0 aromatic rings. The molecule has 0 bridgehead atoms. The SMILES string of the molecule is CC(C)O[Si](CCCC[Si](OC(C)C)(OC(C)C)C(C)C)(OC(C)C)C(C)C. The smallest absolute Gasteiger partial charge is 0.341 e. The van der Waals surface area contributed by atoms with Crippen LogP contribution in [-0.4, -0.2) is 41.5 Å². The summed E-state index contributed by atoms with van der Waals surface area (Å²) in [6.07, 6.45) is 3.01. The van der Waals surface area contributed by atoms with Gasteiger partial charge >= 0.3 is 17.1 Å². The number of rotatable bonds is 15. The molecular formula is C22H50O4Si2. The highest BCUT2D eigenvalue weighted by molar-refractivity contribution is 6.69. The first-order chi connectivity index (χ1) is 12.8. The molecule has 0 N–H and O–H groups in total. The minimum atomic E-state index is -2.25. The van der Waals surface area contributed by atoms with Crippen molar-refractivity contribution in [3.8, 4) is 0 Å². The highest BCUT2D eigenvalue weighted by Gasteiger charge is 2.45. The van der Waals surface area contributed by atoms with Crippen LogP contribution in [0.1, 0.15) is 95.9 Å². The molecule has 4 nitrogen and oxygen atoms in total. The second-order valence-electron chi connectivity index (χ2n) is 9.81. The fourth-order valence-corrected chi connectivity index (χ4v) is 11.3. The molecule has 0 aromatic heterocycles. The summed E-state index contributed by atoms with van der Waals surface area (Å²) < 4.78 is 25.9. The minimum absolute atomic E-state index is 0.200. The molecule has 0 saturated carbocycles. The van der Waals surface area contributed by atoms with Gasteiger partial charge in [0.05, 0.1) is 0 Å². The molecule has 0 aliphatic rings. The van der Waals surface area contributed by atoms with E-state index in [2.05, 4.69) is 83.1 Å². The molecule has 0 heterocycles. The largest absolute Gasteiger partial charge is 0.392 e. The van der Waals surface area contributed by atoms with Crippen LogP contribution in [0.5, 0.6) is 0 Å². The summed E-state index contributed by atoms with van der Waals surface area (Å²) in [5.74, 6) is 0. The molecule has 0 atom stereocenters. The Balaban J connectivity index is 5.21. The van der Waals surface area contributed by atoms with E-state index in [1.54, 1.807) is 0 Å². The molecule has 0 aromatic carbocycles. The second kappa shape index (κ2) is 12.9. The molecule has 6 heteroatoms. The van der Waals surface area contributed by atoms with Gasteiger partial charge in [-0.1, -0.05) is 40.5 Å². The molecular weight excluding hydrogens is 384 g/mol. The molecule has 0 fully saturated rings. The zero-order valence-corrected chi connectivity index (χ0v) is 22.9. The van der Waals surface area contributed by atoms with Gasteiger partial charge in [-0.3, -0.25) is 0 Å². The van der Waals surface area contributed by atoms with Crippen LogP contribution in [0.2, 0.25) is 23.2 Å². The van der Waals surface area contributed by atoms with Gasteiger partial charge in [-0.15, -0.1) is 0 Å². The van der Waals surface area contributed by atoms with Gasteiger partial charge in [-0.05, 0) is 78.6 Å². The Labute approximate surface area is 178 Å². The van der Waals surface area contributed by atoms with Crippen molar-refractivity contribution in [2.75, 3.05) is 0 Å². The van der Waals surface area contributed by atoms with Gasteiger partial charge in [0, 0.05) is 24.4 Å². The first kappa shape index (κ1) is 28.3. The zero-order valence-electron chi connectivity index (χ0n) is 20.9. The summed E-state index contributed by atoms with van der Waals surface area (Å²) in [6.45, 7) is 26.0. The molecule has 0 spiro atoms. The van der Waals surface area contributed by atoms with E-state index in [0.29, 0.717) is 11.1 Å². The first-order valence-electron chi connectivity index (χ1n) is 11.5. The number of hydrogen-bond acceptors (Lipinski definition) is 4. The minimum Gasteiger partial charge on any atom is -0.392 e. The van der Waals surface area contributed by atoms with E-state index in [1.807, 2.05) is 0 Å². The average Bonchev–Trinajstić information content (AvgIpc) is 2.48. The van der Waals surface area contributed by atoms with E-state index in [1.165, 1.54) is 0 Å². The Morgan fingerprint density at radius 2 is 0.643 bits per heavy atom. The molecule has 0 radical (unpaired) electrons. The molecule has 28 heavy (non-hydrogen) atoms. The maximum atomic E-state index is 6.48. The summed E-state index contributed by atoms with van der Waals surface area (Å²) in [5.41, 5.74) is 0.867. The predicted molar refractivity (Wildman–Crippen MR) is 125 cm³/mol.